The fourth-order valence-electron chi connectivity index (χ4n) is 2.04. The first kappa shape index (κ1) is 20.6. The lowest BCUT2D eigenvalue weighted by molar-refractivity contribution is -0.201. The van der Waals surface area contributed by atoms with Gasteiger partial charge in [-0.3, -0.25) is 4.79 Å². The van der Waals surface area contributed by atoms with Crippen molar-refractivity contribution in [2.24, 2.45) is 0 Å². The second kappa shape index (κ2) is 7.53. The Bertz CT molecular complexity index is 944. The summed E-state index contributed by atoms with van der Waals surface area (Å²) < 4.78 is 61.8. The highest BCUT2D eigenvalue weighted by Gasteiger charge is 2.38. The van der Waals surface area contributed by atoms with Crippen LogP contribution in [0, 0.1) is 6.92 Å². The number of aryl methyl sites for hydroxylation is 1. The third-order valence-electron chi connectivity index (χ3n) is 3.58. The quantitative estimate of drug-likeness (QED) is 0.695. The van der Waals surface area contributed by atoms with E-state index in [2.05, 4.69) is 4.98 Å². The number of aliphatic hydroxyl groups excluding tert-OH is 1. The minimum Gasteiger partial charge on any atom is -0.397 e. The van der Waals surface area contributed by atoms with Gasteiger partial charge < -0.3 is 16.2 Å². The number of aromatic nitrogens is 1. The van der Waals surface area contributed by atoms with Crippen molar-refractivity contribution in [1.82, 2.24) is 10.3 Å². The smallest absolute Gasteiger partial charge is 0.397 e. The maximum Gasteiger partial charge on any atom is 0.416 e. The summed E-state index contributed by atoms with van der Waals surface area (Å²) in [7, 11) is -3.93. The summed E-state index contributed by atoms with van der Waals surface area (Å²) in [5.41, 5.74) is 5.72. The largest absolute Gasteiger partial charge is 0.416 e. The van der Waals surface area contributed by atoms with Crippen molar-refractivity contribution in [1.29, 1.82) is 0 Å². The van der Waals surface area contributed by atoms with Gasteiger partial charge in [-0.25, -0.2) is 13.4 Å². The van der Waals surface area contributed by atoms with E-state index in [1.165, 1.54) is 12.1 Å². The molecule has 1 unspecified atom stereocenters. The highest BCUT2D eigenvalue weighted by atomic mass is 32.2. The van der Waals surface area contributed by atoms with E-state index >= 15 is 0 Å². The van der Waals surface area contributed by atoms with Gasteiger partial charge in [0.15, 0.2) is 11.8 Å². The number of nitrogens with zero attached hydrogens (tertiary/aromatic N) is 1. The molecular weight excluding hydrogens is 387 g/mol. The number of benzene rings is 1. The maximum absolute atomic E-state index is 12.5. The molecule has 1 heterocycles. The van der Waals surface area contributed by atoms with Gasteiger partial charge in [0, 0.05) is 6.20 Å². The molecule has 2 aromatic rings. The van der Waals surface area contributed by atoms with E-state index in [0.29, 0.717) is 0 Å². The minimum atomic E-state index is -4.89. The van der Waals surface area contributed by atoms with E-state index in [0.717, 1.165) is 17.8 Å². The predicted molar refractivity (Wildman–Crippen MR) is 89.7 cm³/mol. The number of nitrogens with two attached hydrogens (primary N) is 1. The molecule has 0 radical (unpaired) electrons. The number of hydrogen-bond acceptors (Lipinski definition) is 6. The number of halogens is 3. The monoisotopic (exact) mass is 403 g/mol. The van der Waals surface area contributed by atoms with E-state index in [-0.39, 0.29) is 15.5 Å². The fourth-order valence-corrected chi connectivity index (χ4v) is 3.28. The topological polar surface area (TPSA) is 122 Å². The Labute approximate surface area is 153 Å². The Morgan fingerprint density at radius 2 is 1.85 bits per heavy atom. The highest BCUT2D eigenvalue weighted by Crippen LogP contribution is 2.24. The Morgan fingerprint density at radius 3 is 2.37 bits per heavy atom. The molecule has 0 fully saturated rings. The van der Waals surface area contributed by atoms with Gasteiger partial charge in [0.1, 0.15) is 0 Å². The van der Waals surface area contributed by atoms with Gasteiger partial charge in [0.2, 0.25) is 9.84 Å². The third kappa shape index (κ3) is 4.74. The molecule has 0 saturated heterocycles. The Hall–Kier alpha value is -2.66. The molecule has 4 N–H and O–H groups in total. The van der Waals surface area contributed by atoms with Crippen molar-refractivity contribution >= 4 is 21.4 Å². The summed E-state index contributed by atoms with van der Waals surface area (Å²) in [5.74, 6) is -1.07. The number of pyridine rings is 1. The molecule has 0 aliphatic carbocycles. The number of carbonyl (C=O) groups excluding carboxylic acids is 1. The van der Waals surface area contributed by atoms with Gasteiger partial charge in [-0.1, -0.05) is 17.7 Å². The number of rotatable bonds is 5. The second-order valence-electron chi connectivity index (χ2n) is 5.69. The van der Waals surface area contributed by atoms with Crippen LogP contribution in [0.2, 0.25) is 0 Å². The lowest BCUT2D eigenvalue weighted by atomic mass is 10.2. The van der Waals surface area contributed by atoms with Gasteiger partial charge in [0.25, 0.3) is 5.91 Å². The Kier molecular flexibility index (Phi) is 5.76. The first-order chi connectivity index (χ1) is 12.4. The highest BCUT2D eigenvalue weighted by molar-refractivity contribution is 7.91. The van der Waals surface area contributed by atoms with E-state index in [9.17, 15) is 26.4 Å². The van der Waals surface area contributed by atoms with Gasteiger partial charge in [0.05, 0.1) is 22.0 Å². The number of nitrogens with one attached hydrogen (secondary N) is 1. The van der Waals surface area contributed by atoms with Crippen LogP contribution in [0.3, 0.4) is 0 Å². The molecule has 11 heteroatoms. The minimum absolute atomic E-state index is 0.000184. The summed E-state index contributed by atoms with van der Waals surface area (Å²) >= 11 is 0. The molecule has 1 amide bonds. The normalized spacial score (nSPS) is 13.2. The third-order valence-corrected chi connectivity index (χ3v) is 5.32. The van der Waals surface area contributed by atoms with Crippen LogP contribution in [0.1, 0.15) is 16.1 Å². The van der Waals surface area contributed by atoms with Crippen molar-refractivity contribution in [3.63, 3.8) is 0 Å². The van der Waals surface area contributed by atoms with Crippen LogP contribution in [0.4, 0.5) is 18.9 Å². The van der Waals surface area contributed by atoms with Crippen LogP contribution < -0.4 is 11.1 Å². The molecule has 7 nitrogen and oxygen atoms in total. The zero-order chi connectivity index (χ0) is 20.4. The zero-order valence-corrected chi connectivity index (χ0v) is 14.8. The molecular formula is C16H16F3N3O4S. The number of hydrogen-bond donors (Lipinski definition) is 3. The zero-order valence-electron chi connectivity index (χ0n) is 14.0. The summed E-state index contributed by atoms with van der Waals surface area (Å²) in [5, 5.41) is 10.7. The molecule has 2 rings (SSSR count). The number of anilines is 1. The molecule has 1 atom stereocenters. The molecule has 0 aliphatic heterocycles. The van der Waals surface area contributed by atoms with E-state index < -0.39 is 40.3 Å². The van der Waals surface area contributed by atoms with Crippen molar-refractivity contribution in [3.8, 4) is 0 Å². The number of aliphatic hydroxyl groups is 1. The molecule has 0 aliphatic rings. The van der Waals surface area contributed by atoms with Crippen LogP contribution >= 0.6 is 0 Å². The fraction of sp³-hybridized carbons (Fsp3) is 0.250. The van der Waals surface area contributed by atoms with Crippen molar-refractivity contribution in [2.75, 3.05) is 12.3 Å². The van der Waals surface area contributed by atoms with E-state index in [4.69, 9.17) is 10.8 Å². The standard InChI is InChI=1S/C16H16F3N3O4S/c1-9-2-4-10(5-3-9)27(25,26)11-6-12(20)14(21-7-11)15(24)22-8-13(23)16(17,18)19/h2-7,13,23H,8,20H2,1H3,(H,22,24). The SMILES string of the molecule is Cc1ccc(S(=O)(=O)c2cnc(C(=O)NCC(O)C(F)(F)F)c(N)c2)cc1. The predicted octanol–water partition coefficient (Wildman–Crippen LogP) is 1.46. The molecule has 1 aromatic heterocycles. The average molecular weight is 403 g/mol. The number of sulfone groups is 1. The van der Waals surface area contributed by atoms with E-state index in [1.54, 1.807) is 19.1 Å². The average Bonchev–Trinajstić information content (AvgIpc) is 2.58. The van der Waals surface area contributed by atoms with Gasteiger partial charge >= 0.3 is 6.18 Å². The lowest BCUT2D eigenvalue weighted by Crippen LogP contribution is -2.41. The molecule has 0 saturated carbocycles. The summed E-state index contributed by atoms with van der Waals surface area (Å²) in [6.45, 7) is 0.700. The van der Waals surface area contributed by atoms with Crippen LogP contribution in [0.25, 0.3) is 0 Å². The van der Waals surface area contributed by atoms with Crippen molar-refractivity contribution in [3.05, 3.63) is 47.8 Å². The molecule has 1 aromatic carbocycles. The second-order valence-corrected chi connectivity index (χ2v) is 7.64. The van der Waals surface area contributed by atoms with Crippen LogP contribution in [-0.4, -0.2) is 43.2 Å². The molecule has 146 valence electrons. The summed E-state index contributed by atoms with van der Waals surface area (Å²) in [4.78, 5) is 15.3. The summed E-state index contributed by atoms with van der Waals surface area (Å²) in [6.07, 6.45) is -6.75. The number of nitrogen functional groups attached to an aromatic ring is 1. The molecule has 0 spiro atoms. The van der Waals surface area contributed by atoms with Gasteiger partial charge in [-0.2, -0.15) is 13.2 Å². The van der Waals surface area contributed by atoms with Gasteiger partial charge in [-0.05, 0) is 25.1 Å². The lowest BCUT2D eigenvalue weighted by Gasteiger charge is -2.15. The van der Waals surface area contributed by atoms with Crippen LogP contribution in [0.5, 0.6) is 0 Å². The number of alkyl halides is 3. The van der Waals surface area contributed by atoms with Crippen LogP contribution in [-0.2, 0) is 9.84 Å². The Morgan fingerprint density at radius 1 is 1.26 bits per heavy atom. The molecule has 0 bridgehead atoms. The Balaban J connectivity index is 2.22. The van der Waals surface area contributed by atoms with Crippen molar-refractivity contribution in [2.45, 2.75) is 29.0 Å². The number of carbonyl (C=O) groups is 1. The first-order valence-corrected chi connectivity index (χ1v) is 9.01. The van der Waals surface area contributed by atoms with Crippen molar-refractivity contribution < 1.29 is 31.5 Å². The first-order valence-electron chi connectivity index (χ1n) is 7.53. The molecule has 27 heavy (non-hydrogen) atoms. The van der Waals surface area contributed by atoms with E-state index in [1.807, 2.05) is 5.32 Å². The maximum atomic E-state index is 12.5. The number of amides is 1. The van der Waals surface area contributed by atoms with Crippen LogP contribution in [0.15, 0.2) is 46.3 Å². The van der Waals surface area contributed by atoms with Gasteiger partial charge in [-0.15, -0.1) is 0 Å². The summed E-state index contributed by atoms with van der Waals surface area (Å²) in [6, 6.07) is 7.02.